The Morgan fingerprint density at radius 2 is 1.55 bits per heavy atom. The van der Waals surface area contributed by atoms with Gasteiger partial charge >= 0.3 is 12.1 Å². The number of nitrogens with zero attached hydrogens (tertiary/aromatic N) is 2. The van der Waals surface area contributed by atoms with Crippen molar-refractivity contribution in [2.45, 2.75) is 12.1 Å². The first-order valence-corrected chi connectivity index (χ1v) is 11.0. The number of rotatable bonds is 7. The Bertz CT molecular complexity index is 1500. The topological polar surface area (TPSA) is 82.6 Å². The van der Waals surface area contributed by atoms with Gasteiger partial charge in [0.25, 0.3) is 5.91 Å². The average Bonchev–Trinajstić information content (AvgIpc) is 2.88. The summed E-state index contributed by atoms with van der Waals surface area (Å²) in [6, 6.07) is 9.80. The van der Waals surface area contributed by atoms with Crippen LogP contribution in [0, 0.1) is 0 Å². The van der Waals surface area contributed by atoms with Gasteiger partial charge in [0.05, 0.1) is 35.7 Å². The van der Waals surface area contributed by atoms with Crippen LogP contribution in [0.15, 0.2) is 60.9 Å². The van der Waals surface area contributed by atoms with Gasteiger partial charge < -0.3 is 19.5 Å². The van der Waals surface area contributed by atoms with Gasteiger partial charge in [-0.15, -0.1) is 0 Å². The molecule has 0 radical (unpaired) electrons. The molecule has 38 heavy (non-hydrogen) atoms. The summed E-state index contributed by atoms with van der Waals surface area (Å²) in [5, 5.41) is 1.62. The van der Waals surface area contributed by atoms with Crippen molar-refractivity contribution < 1.29 is 41.0 Å². The van der Waals surface area contributed by atoms with E-state index in [0.717, 1.165) is 24.3 Å². The van der Waals surface area contributed by atoms with E-state index < -0.39 is 39.8 Å². The largest absolute Gasteiger partial charge is 0.493 e. The summed E-state index contributed by atoms with van der Waals surface area (Å²) < 4.78 is 85.0. The summed E-state index contributed by atoms with van der Waals surface area (Å²) in [7, 11) is 2.92. The number of amides is 1. The van der Waals surface area contributed by atoms with Gasteiger partial charge in [-0.25, -0.2) is 9.97 Å². The molecular formula is C25H17ClF5N3O4. The number of carbonyl (C=O) groups is 1. The van der Waals surface area contributed by atoms with Crippen LogP contribution in [-0.2, 0) is 16.9 Å². The number of aromatic nitrogens is 2. The first kappa shape index (κ1) is 26.9. The Hall–Kier alpha value is -4.19. The standard InChI is InChI=1S/C25H17ClF5N3O4/c1-36-20-10-16-19(11-21(20)37-2)32-12-33-22(16)38-15-6-3-13(4-7-15)24(27,28)23(35)34-14-5-8-18(26)17(9-14)25(29,30)31/h3-12H,1-2H3,(H,34,35). The summed E-state index contributed by atoms with van der Waals surface area (Å²) >= 11 is 5.52. The van der Waals surface area contributed by atoms with Gasteiger partial charge in [-0.2, -0.15) is 22.0 Å². The van der Waals surface area contributed by atoms with E-state index in [1.54, 1.807) is 17.4 Å². The normalized spacial score (nSPS) is 11.8. The van der Waals surface area contributed by atoms with Gasteiger partial charge in [0, 0.05) is 17.3 Å². The van der Waals surface area contributed by atoms with Crippen LogP contribution in [-0.4, -0.2) is 30.1 Å². The maximum Gasteiger partial charge on any atom is 0.417 e. The lowest BCUT2D eigenvalue weighted by atomic mass is 10.1. The number of benzene rings is 3. The molecule has 1 amide bonds. The minimum absolute atomic E-state index is 0.108. The van der Waals surface area contributed by atoms with E-state index in [0.29, 0.717) is 28.5 Å². The molecule has 0 aliphatic carbocycles. The maximum absolute atomic E-state index is 14.8. The molecule has 0 aliphatic heterocycles. The number of alkyl halides is 5. The van der Waals surface area contributed by atoms with Crippen LogP contribution < -0.4 is 19.5 Å². The highest BCUT2D eigenvalue weighted by molar-refractivity contribution is 6.31. The summed E-state index contributed by atoms with van der Waals surface area (Å²) in [6.07, 6.45) is -3.58. The number of nitrogens with one attached hydrogen (secondary N) is 1. The van der Waals surface area contributed by atoms with Crippen molar-refractivity contribution in [3.63, 3.8) is 0 Å². The fourth-order valence-electron chi connectivity index (χ4n) is 3.45. The first-order valence-electron chi connectivity index (χ1n) is 10.6. The highest BCUT2D eigenvalue weighted by atomic mass is 35.5. The SMILES string of the molecule is COc1cc2ncnc(Oc3ccc(C(F)(F)C(=O)Nc4ccc(Cl)c(C(F)(F)F)c4)cc3)c2cc1OC. The number of carbonyl (C=O) groups excluding carboxylic acids is 1. The van der Waals surface area contributed by atoms with Crippen molar-refractivity contribution in [3.05, 3.63) is 77.1 Å². The number of fused-ring (bicyclic) bond motifs is 1. The molecule has 198 valence electrons. The molecule has 3 aromatic carbocycles. The van der Waals surface area contributed by atoms with Gasteiger partial charge in [0.15, 0.2) is 11.5 Å². The summed E-state index contributed by atoms with van der Waals surface area (Å²) in [5.74, 6) is -4.86. The molecular weight excluding hydrogens is 537 g/mol. The Morgan fingerprint density at radius 3 is 2.18 bits per heavy atom. The summed E-state index contributed by atoms with van der Waals surface area (Å²) in [5.41, 5.74) is -2.00. The smallest absolute Gasteiger partial charge is 0.417 e. The molecule has 7 nitrogen and oxygen atoms in total. The van der Waals surface area contributed by atoms with E-state index in [4.69, 9.17) is 25.8 Å². The summed E-state index contributed by atoms with van der Waals surface area (Å²) in [4.78, 5) is 20.5. The summed E-state index contributed by atoms with van der Waals surface area (Å²) in [6.45, 7) is 0. The van der Waals surface area contributed by atoms with Gasteiger partial charge in [-0.05, 0) is 48.5 Å². The molecule has 0 bridgehead atoms. The van der Waals surface area contributed by atoms with Crippen molar-refractivity contribution in [2.75, 3.05) is 19.5 Å². The molecule has 4 rings (SSSR count). The van der Waals surface area contributed by atoms with E-state index in [1.165, 1.54) is 32.7 Å². The van der Waals surface area contributed by atoms with Crippen molar-refractivity contribution in [1.82, 2.24) is 9.97 Å². The minimum atomic E-state index is -4.83. The van der Waals surface area contributed by atoms with Crippen LogP contribution in [0.5, 0.6) is 23.1 Å². The number of anilines is 1. The predicted octanol–water partition coefficient (Wildman–Crippen LogP) is 6.84. The Kier molecular flexibility index (Phi) is 7.27. The molecule has 1 N–H and O–H groups in total. The van der Waals surface area contributed by atoms with Crippen molar-refractivity contribution in [3.8, 4) is 23.1 Å². The number of ether oxygens (including phenoxy) is 3. The molecule has 0 fully saturated rings. The lowest BCUT2D eigenvalue weighted by Crippen LogP contribution is -2.32. The van der Waals surface area contributed by atoms with Gasteiger partial charge in [-0.1, -0.05) is 11.6 Å². The molecule has 0 unspecified atom stereocenters. The lowest BCUT2D eigenvalue weighted by Gasteiger charge is -2.18. The van der Waals surface area contributed by atoms with Crippen molar-refractivity contribution >= 4 is 34.1 Å². The zero-order valence-corrected chi connectivity index (χ0v) is 20.3. The quantitative estimate of drug-likeness (QED) is 0.252. The second-order valence-corrected chi connectivity index (χ2v) is 8.16. The Labute approximate surface area is 217 Å². The van der Waals surface area contributed by atoms with E-state index in [-0.39, 0.29) is 11.6 Å². The fourth-order valence-corrected chi connectivity index (χ4v) is 3.67. The first-order chi connectivity index (χ1) is 17.9. The average molecular weight is 554 g/mol. The van der Waals surface area contributed by atoms with Gasteiger partial charge in [-0.3, -0.25) is 4.79 Å². The third-order valence-electron chi connectivity index (χ3n) is 5.35. The van der Waals surface area contributed by atoms with Crippen LogP contribution in [0.3, 0.4) is 0 Å². The molecule has 0 saturated carbocycles. The second kappa shape index (κ2) is 10.3. The molecule has 0 aliphatic rings. The second-order valence-electron chi connectivity index (χ2n) is 7.75. The number of hydrogen-bond acceptors (Lipinski definition) is 6. The van der Waals surface area contributed by atoms with E-state index >= 15 is 0 Å². The zero-order chi connectivity index (χ0) is 27.7. The van der Waals surface area contributed by atoms with Crippen LogP contribution in [0.2, 0.25) is 5.02 Å². The zero-order valence-electron chi connectivity index (χ0n) is 19.6. The van der Waals surface area contributed by atoms with Crippen LogP contribution in [0.4, 0.5) is 27.6 Å². The van der Waals surface area contributed by atoms with Crippen LogP contribution in [0.1, 0.15) is 11.1 Å². The minimum Gasteiger partial charge on any atom is -0.493 e. The van der Waals surface area contributed by atoms with Crippen molar-refractivity contribution in [1.29, 1.82) is 0 Å². The van der Waals surface area contributed by atoms with E-state index in [1.807, 2.05) is 0 Å². The van der Waals surface area contributed by atoms with Gasteiger partial charge in [0.1, 0.15) is 12.1 Å². The van der Waals surface area contributed by atoms with Crippen LogP contribution in [0.25, 0.3) is 10.9 Å². The van der Waals surface area contributed by atoms with Gasteiger partial charge in [0.2, 0.25) is 5.88 Å². The molecule has 0 atom stereocenters. The predicted molar refractivity (Wildman–Crippen MR) is 128 cm³/mol. The molecule has 0 spiro atoms. The third kappa shape index (κ3) is 5.40. The molecule has 0 saturated heterocycles. The number of hydrogen-bond donors (Lipinski definition) is 1. The maximum atomic E-state index is 14.8. The van der Waals surface area contributed by atoms with E-state index in [2.05, 4.69) is 9.97 Å². The Morgan fingerprint density at radius 1 is 0.895 bits per heavy atom. The van der Waals surface area contributed by atoms with Crippen molar-refractivity contribution in [2.24, 2.45) is 0 Å². The molecule has 13 heteroatoms. The van der Waals surface area contributed by atoms with Crippen LogP contribution >= 0.6 is 11.6 Å². The number of halogens is 6. The highest BCUT2D eigenvalue weighted by Gasteiger charge is 2.41. The molecule has 1 aromatic heterocycles. The molecule has 1 heterocycles. The monoisotopic (exact) mass is 553 g/mol. The third-order valence-corrected chi connectivity index (χ3v) is 5.68. The fraction of sp³-hybridized carbons (Fsp3) is 0.160. The highest BCUT2D eigenvalue weighted by Crippen LogP contribution is 2.38. The lowest BCUT2D eigenvalue weighted by molar-refractivity contribution is -0.141. The molecule has 4 aromatic rings. The van der Waals surface area contributed by atoms with E-state index in [9.17, 15) is 26.7 Å². The number of methoxy groups -OCH3 is 2. The Balaban J connectivity index is 1.54.